The molecule has 0 fully saturated rings. The van der Waals surface area contributed by atoms with Gasteiger partial charge in [0.25, 0.3) is 5.91 Å². The molecular formula is C17H13BrN2O2. The summed E-state index contributed by atoms with van der Waals surface area (Å²) in [6.07, 6.45) is 1.47. The quantitative estimate of drug-likeness (QED) is 0.688. The van der Waals surface area contributed by atoms with E-state index in [1.54, 1.807) is 12.1 Å². The minimum absolute atomic E-state index is 0.265. The van der Waals surface area contributed by atoms with Crippen LogP contribution in [0.5, 0.6) is 0 Å². The average molecular weight is 357 g/mol. The second-order valence-corrected chi connectivity index (χ2v) is 5.56. The number of nitrogens with one attached hydrogen (secondary N) is 2. The molecule has 0 bridgehead atoms. The highest BCUT2D eigenvalue weighted by molar-refractivity contribution is 9.10. The van der Waals surface area contributed by atoms with E-state index in [9.17, 15) is 4.79 Å². The lowest BCUT2D eigenvalue weighted by atomic mass is 10.2. The van der Waals surface area contributed by atoms with Crippen molar-refractivity contribution in [1.82, 2.24) is 0 Å². The Balaban J connectivity index is 1.65. The minimum Gasteiger partial charge on any atom is -0.459 e. The molecule has 0 spiro atoms. The maximum Gasteiger partial charge on any atom is 0.291 e. The zero-order valence-electron chi connectivity index (χ0n) is 11.5. The van der Waals surface area contributed by atoms with E-state index in [0.29, 0.717) is 5.69 Å². The van der Waals surface area contributed by atoms with Crippen molar-refractivity contribution in [2.24, 2.45) is 0 Å². The second kappa shape index (κ2) is 6.49. The van der Waals surface area contributed by atoms with Crippen molar-refractivity contribution < 1.29 is 9.21 Å². The molecule has 3 rings (SSSR count). The molecule has 0 atom stereocenters. The molecule has 0 aliphatic heterocycles. The maximum absolute atomic E-state index is 11.9. The van der Waals surface area contributed by atoms with Gasteiger partial charge in [-0.05, 0) is 60.7 Å². The van der Waals surface area contributed by atoms with Crippen LogP contribution in [0, 0.1) is 0 Å². The Morgan fingerprint density at radius 2 is 1.45 bits per heavy atom. The van der Waals surface area contributed by atoms with Crippen molar-refractivity contribution >= 4 is 38.9 Å². The van der Waals surface area contributed by atoms with Gasteiger partial charge in [-0.25, -0.2) is 0 Å². The van der Waals surface area contributed by atoms with Crippen molar-refractivity contribution in [3.05, 3.63) is 77.2 Å². The van der Waals surface area contributed by atoms with Gasteiger partial charge in [0.2, 0.25) is 0 Å². The lowest BCUT2D eigenvalue weighted by Gasteiger charge is -2.08. The number of rotatable bonds is 4. The van der Waals surface area contributed by atoms with Crippen LogP contribution < -0.4 is 10.6 Å². The maximum atomic E-state index is 11.9. The predicted octanol–water partition coefficient (Wildman–Crippen LogP) is 5.04. The van der Waals surface area contributed by atoms with Crippen LogP contribution in [0.4, 0.5) is 17.1 Å². The fourth-order valence-electron chi connectivity index (χ4n) is 1.94. The molecule has 1 amide bonds. The summed E-state index contributed by atoms with van der Waals surface area (Å²) in [6.45, 7) is 0. The summed E-state index contributed by atoms with van der Waals surface area (Å²) in [5.74, 6) is 0.0238. The van der Waals surface area contributed by atoms with Crippen molar-refractivity contribution in [2.75, 3.05) is 10.6 Å². The molecule has 0 unspecified atom stereocenters. The lowest BCUT2D eigenvalue weighted by Crippen LogP contribution is -2.10. The van der Waals surface area contributed by atoms with Crippen LogP contribution in [-0.2, 0) is 0 Å². The van der Waals surface area contributed by atoms with Gasteiger partial charge in [-0.2, -0.15) is 0 Å². The molecule has 1 heterocycles. The van der Waals surface area contributed by atoms with Crippen LogP contribution in [0.25, 0.3) is 0 Å². The van der Waals surface area contributed by atoms with Gasteiger partial charge in [0.15, 0.2) is 5.76 Å². The molecule has 0 aliphatic carbocycles. The van der Waals surface area contributed by atoms with Gasteiger partial charge in [0.05, 0.1) is 6.26 Å². The fraction of sp³-hybridized carbons (Fsp3) is 0. The van der Waals surface area contributed by atoms with Gasteiger partial charge < -0.3 is 15.1 Å². The Kier molecular flexibility index (Phi) is 4.25. The van der Waals surface area contributed by atoms with Gasteiger partial charge in [-0.1, -0.05) is 15.9 Å². The number of anilines is 3. The van der Waals surface area contributed by atoms with E-state index in [0.717, 1.165) is 15.8 Å². The summed E-state index contributed by atoms with van der Waals surface area (Å²) in [7, 11) is 0. The average Bonchev–Trinajstić information content (AvgIpc) is 3.06. The smallest absolute Gasteiger partial charge is 0.291 e. The predicted molar refractivity (Wildman–Crippen MR) is 90.5 cm³/mol. The number of benzene rings is 2. The highest BCUT2D eigenvalue weighted by Crippen LogP contribution is 2.21. The van der Waals surface area contributed by atoms with Crippen LogP contribution >= 0.6 is 15.9 Å². The normalized spacial score (nSPS) is 10.2. The molecule has 0 radical (unpaired) electrons. The van der Waals surface area contributed by atoms with Crippen molar-refractivity contribution in [1.29, 1.82) is 0 Å². The summed E-state index contributed by atoms with van der Waals surface area (Å²) < 4.78 is 6.09. The summed E-state index contributed by atoms with van der Waals surface area (Å²) in [4.78, 5) is 11.9. The molecule has 4 nitrogen and oxygen atoms in total. The van der Waals surface area contributed by atoms with E-state index in [1.165, 1.54) is 6.26 Å². The molecule has 1 aromatic heterocycles. The summed E-state index contributed by atoms with van der Waals surface area (Å²) >= 11 is 3.40. The highest BCUT2D eigenvalue weighted by Gasteiger charge is 2.08. The molecule has 2 N–H and O–H groups in total. The van der Waals surface area contributed by atoms with Crippen LogP contribution in [0.15, 0.2) is 75.8 Å². The van der Waals surface area contributed by atoms with Crippen molar-refractivity contribution in [2.45, 2.75) is 0 Å². The molecule has 5 heteroatoms. The van der Waals surface area contributed by atoms with E-state index in [1.807, 2.05) is 48.5 Å². The second-order valence-electron chi connectivity index (χ2n) is 4.64. The number of amides is 1. The number of hydrogen-bond acceptors (Lipinski definition) is 3. The summed E-state index contributed by atoms with van der Waals surface area (Å²) in [5, 5.41) is 6.06. The van der Waals surface area contributed by atoms with Crippen LogP contribution in [0.3, 0.4) is 0 Å². The van der Waals surface area contributed by atoms with Gasteiger partial charge in [0.1, 0.15) is 0 Å². The molecule has 0 saturated carbocycles. The van der Waals surface area contributed by atoms with E-state index >= 15 is 0 Å². The van der Waals surface area contributed by atoms with E-state index < -0.39 is 0 Å². The van der Waals surface area contributed by atoms with Crippen molar-refractivity contribution in [3.8, 4) is 0 Å². The van der Waals surface area contributed by atoms with Crippen LogP contribution in [0.2, 0.25) is 0 Å². The first-order chi connectivity index (χ1) is 10.7. The van der Waals surface area contributed by atoms with Crippen molar-refractivity contribution in [3.63, 3.8) is 0 Å². The SMILES string of the molecule is O=C(Nc1ccc(Nc2ccc(Br)cc2)cc1)c1ccco1. The number of hydrogen-bond donors (Lipinski definition) is 2. The standard InChI is InChI=1S/C17H13BrN2O2/c18-12-3-5-13(6-4-12)19-14-7-9-15(10-8-14)20-17(21)16-2-1-11-22-16/h1-11,19H,(H,20,21). The molecule has 3 aromatic rings. The van der Waals surface area contributed by atoms with Gasteiger partial charge in [0, 0.05) is 21.5 Å². The Labute approximate surface area is 136 Å². The Hall–Kier alpha value is -2.53. The largest absolute Gasteiger partial charge is 0.459 e. The van der Waals surface area contributed by atoms with Gasteiger partial charge in [-0.15, -0.1) is 0 Å². The first-order valence-corrected chi connectivity index (χ1v) is 7.47. The summed E-state index contributed by atoms with van der Waals surface area (Å²) in [5.41, 5.74) is 2.65. The zero-order valence-corrected chi connectivity index (χ0v) is 13.1. The fourth-order valence-corrected chi connectivity index (χ4v) is 2.20. The molecule has 0 aliphatic rings. The van der Waals surface area contributed by atoms with Crippen LogP contribution in [-0.4, -0.2) is 5.91 Å². The molecule has 0 saturated heterocycles. The third-order valence-electron chi connectivity index (χ3n) is 3.02. The Morgan fingerprint density at radius 1 is 0.864 bits per heavy atom. The van der Waals surface area contributed by atoms with E-state index in [2.05, 4.69) is 26.6 Å². The third kappa shape index (κ3) is 3.56. The number of carbonyl (C=O) groups excluding carboxylic acids is 1. The molecular weight excluding hydrogens is 344 g/mol. The lowest BCUT2D eigenvalue weighted by molar-refractivity contribution is 0.0996. The Morgan fingerprint density at radius 3 is 2.05 bits per heavy atom. The van der Waals surface area contributed by atoms with E-state index in [4.69, 9.17) is 4.42 Å². The topological polar surface area (TPSA) is 54.3 Å². The highest BCUT2D eigenvalue weighted by atomic mass is 79.9. The zero-order chi connectivity index (χ0) is 15.4. The first-order valence-electron chi connectivity index (χ1n) is 6.68. The monoisotopic (exact) mass is 356 g/mol. The van der Waals surface area contributed by atoms with Gasteiger partial charge >= 0.3 is 0 Å². The Bertz CT molecular complexity index is 750. The summed E-state index contributed by atoms with van der Waals surface area (Å²) in [6, 6.07) is 18.7. The number of halogens is 1. The molecule has 2 aromatic carbocycles. The number of carbonyl (C=O) groups is 1. The minimum atomic E-state index is -0.265. The number of furan rings is 1. The van der Waals surface area contributed by atoms with Gasteiger partial charge in [-0.3, -0.25) is 4.79 Å². The third-order valence-corrected chi connectivity index (χ3v) is 3.55. The van der Waals surface area contributed by atoms with Crippen LogP contribution in [0.1, 0.15) is 10.6 Å². The molecule has 22 heavy (non-hydrogen) atoms. The first kappa shape index (κ1) is 14.4. The van der Waals surface area contributed by atoms with E-state index in [-0.39, 0.29) is 11.7 Å². The molecule has 110 valence electrons.